The maximum absolute atomic E-state index is 12.5. The Bertz CT molecular complexity index is 3330. The summed E-state index contributed by atoms with van der Waals surface area (Å²) < 4.78 is 135. The lowest BCUT2D eigenvalue weighted by molar-refractivity contribution is 0.464. The van der Waals surface area contributed by atoms with Gasteiger partial charge in [-0.2, -0.15) is 49.2 Å². The van der Waals surface area contributed by atoms with Crippen molar-refractivity contribution in [1.82, 2.24) is 4.98 Å². The van der Waals surface area contributed by atoms with E-state index in [1.807, 2.05) is 19.1 Å². The number of benzene rings is 3. The minimum absolute atomic E-state index is 0.0157. The molecule has 6 N–H and O–H groups in total. The molecule has 4 aromatic rings. The Balaban J connectivity index is 1.26. The molecular weight excluding hydrogens is 947 g/mol. The van der Waals surface area contributed by atoms with Gasteiger partial charge in [0.1, 0.15) is 23.0 Å². The van der Waals surface area contributed by atoms with Gasteiger partial charge in [-0.15, -0.1) is 10.2 Å². The minimum Gasteiger partial charge on any atom is -0.339 e. The molecule has 0 saturated heterocycles. The number of amidine groups is 1. The summed E-state index contributed by atoms with van der Waals surface area (Å²) in [5, 5.41) is 31.3. The van der Waals surface area contributed by atoms with Crippen LogP contribution in [0.25, 0.3) is 0 Å². The van der Waals surface area contributed by atoms with Gasteiger partial charge in [-0.05, 0) is 85.7 Å². The number of pyridine rings is 1. The van der Waals surface area contributed by atoms with Crippen molar-refractivity contribution in [2.45, 2.75) is 40.3 Å². The molecule has 2 heterocycles. The molecule has 3 aromatic carbocycles. The number of fused-ring (bicyclic) bond motifs is 1. The Morgan fingerprint density at radius 3 is 1.86 bits per heavy atom. The lowest BCUT2D eigenvalue weighted by Crippen LogP contribution is -2.32. The standard InChI is InChI=1S/C39H33N9O12S5/c1-21-6-8-23(9-7-21)35-38(47-45-26-18-30-29(33(19-26)65(58,59)60)4-3-5-32(30)64(55,56)57)61-39(43-35)48-46-34-22(2)31(20-40)36(41-24-10-14-27(15-11-24)62(49,50)51)44-37(34)42-25-12-16-28(17-13-25)63(52,53)54/h3-19,30,32,35,38H,1-2H3,(H2,41,42,44)(H,49,50,51)(H,52,53,54)(H,55,56,57)(H,58,59,60). The summed E-state index contributed by atoms with van der Waals surface area (Å²) in [6.07, 6.45) is 6.04. The highest BCUT2D eigenvalue weighted by Crippen LogP contribution is 2.43. The number of azo groups is 2. The Kier molecular flexibility index (Phi) is 12.9. The van der Waals surface area contributed by atoms with Gasteiger partial charge in [0.05, 0.1) is 26.0 Å². The number of hydrogen-bond donors (Lipinski definition) is 6. The summed E-state index contributed by atoms with van der Waals surface area (Å²) in [5.41, 5.74) is 2.15. The second-order valence-electron chi connectivity index (χ2n) is 14.3. The van der Waals surface area contributed by atoms with Gasteiger partial charge in [-0.25, -0.2) is 9.98 Å². The maximum Gasteiger partial charge on any atom is 0.294 e. The lowest BCUT2D eigenvalue weighted by atomic mass is 9.86. The van der Waals surface area contributed by atoms with Gasteiger partial charge in [-0.3, -0.25) is 18.2 Å². The number of anilines is 4. The SMILES string of the molecule is Cc1ccc(C2N=C(N=Nc3c(Nc4ccc(S(=O)(=O)O)cc4)nc(Nc4ccc(S(=O)(=O)O)cc4)c(C#N)c3C)SC2N=NC2=CC3C(=CC=CC3S(=O)(=O)O)C(S(=O)(=O)O)=C2)cc1. The van der Waals surface area contributed by atoms with E-state index in [0.29, 0.717) is 5.56 Å². The van der Waals surface area contributed by atoms with Crippen LogP contribution < -0.4 is 10.6 Å². The average Bonchev–Trinajstić information content (AvgIpc) is 3.64. The van der Waals surface area contributed by atoms with E-state index in [4.69, 9.17) is 4.99 Å². The van der Waals surface area contributed by atoms with E-state index >= 15 is 0 Å². The van der Waals surface area contributed by atoms with Crippen LogP contribution in [0.3, 0.4) is 0 Å². The number of hydrogen-bond acceptors (Lipinski definition) is 18. The van der Waals surface area contributed by atoms with Gasteiger partial charge >= 0.3 is 0 Å². The third-order valence-electron chi connectivity index (χ3n) is 9.87. The van der Waals surface area contributed by atoms with Gasteiger partial charge in [0, 0.05) is 22.9 Å². The lowest BCUT2D eigenvalue weighted by Gasteiger charge is -2.28. The number of rotatable bonds is 12. The highest BCUT2D eigenvalue weighted by Gasteiger charge is 2.39. The monoisotopic (exact) mass is 979 g/mol. The van der Waals surface area contributed by atoms with Crippen LogP contribution in [-0.2, 0) is 40.5 Å². The largest absolute Gasteiger partial charge is 0.339 e. The molecule has 1 aromatic heterocycles. The highest BCUT2D eigenvalue weighted by atomic mass is 32.2. The molecule has 65 heavy (non-hydrogen) atoms. The number of allylic oxidation sites excluding steroid dienone is 5. The maximum atomic E-state index is 12.5. The van der Waals surface area contributed by atoms with Crippen LogP contribution in [0.1, 0.15) is 28.3 Å². The zero-order valence-electron chi connectivity index (χ0n) is 33.4. The second-order valence-corrected chi connectivity index (χ2v) is 21.2. The summed E-state index contributed by atoms with van der Waals surface area (Å²) in [6.45, 7) is 3.43. The van der Waals surface area contributed by atoms with E-state index in [2.05, 4.69) is 42.1 Å². The molecule has 336 valence electrons. The van der Waals surface area contributed by atoms with Crippen molar-refractivity contribution in [3.8, 4) is 6.07 Å². The quantitative estimate of drug-likeness (QED) is 0.0599. The van der Waals surface area contributed by atoms with Crippen molar-refractivity contribution in [3.05, 3.63) is 142 Å². The van der Waals surface area contributed by atoms with Gasteiger partial charge in [0.25, 0.3) is 40.5 Å². The number of nitrogens with one attached hydrogen (secondary N) is 2. The molecule has 0 radical (unpaired) electrons. The Morgan fingerprint density at radius 2 is 1.32 bits per heavy atom. The van der Waals surface area contributed by atoms with Crippen LogP contribution in [0.15, 0.2) is 155 Å². The first-order valence-corrected chi connectivity index (χ1v) is 25.2. The van der Waals surface area contributed by atoms with Crippen LogP contribution in [0.5, 0.6) is 0 Å². The Labute approximate surface area is 376 Å². The van der Waals surface area contributed by atoms with Crippen LogP contribution >= 0.6 is 11.8 Å². The molecule has 0 spiro atoms. The van der Waals surface area contributed by atoms with E-state index < -0.39 is 72.9 Å². The number of thioether (sulfide) groups is 1. The van der Waals surface area contributed by atoms with Crippen LogP contribution in [0.4, 0.5) is 28.7 Å². The molecule has 0 saturated carbocycles. The second kappa shape index (κ2) is 17.9. The molecule has 26 heteroatoms. The number of aryl methyl sites for hydroxylation is 1. The topological polar surface area (TPSA) is 340 Å². The fraction of sp³-hybridized carbons (Fsp3) is 0.154. The minimum atomic E-state index is -4.91. The number of aromatic nitrogens is 1. The van der Waals surface area contributed by atoms with E-state index in [9.17, 15) is 57.1 Å². The van der Waals surface area contributed by atoms with Gasteiger partial charge in [0.2, 0.25) is 5.17 Å². The van der Waals surface area contributed by atoms with Crippen LogP contribution in [0.2, 0.25) is 0 Å². The van der Waals surface area contributed by atoms with E-state index in [1.165, 1.54) is 48.6 Å². The third-order valence-corrected chi connectivity index (χ3v) is 14.6. The molecule has 7 rings (SSSR count). The molecule has 4 unspecified atom stereocenters. The summed E-state index contributed by atoms with van der Waals surface area (Å²) in [7, 11) is -18.7. The van der Waals surface area contributed by atoms with Gasteiger partial charge in [-0.1, -0.05) is 59.8 Å². The smallest absolute Gasteiger partial charge is 0.294 e. The zero-order valence-corrected chi connectivity index (χ0v) is 37.4. The third kappa shape index (κ3) is 10.6. The van der Waals surface area contributed by atoms with Crippen LogP contribution in [-0.4, -0.2) is 72.7 Å². The van der Waals surface area contributed by atoms with Crippen molar-refractivity contribution in [1.29, 1.82) is 5.26 Å². The van der Waals surface area contributed by atoms with Gasteiger partial charge < -0.3 is 10.6 Å². The molecule has 2 aliphatic carbocycles. The van der Waals surface area contributed by atoms with Crippen LogP contribution in [0, 0.1) is 31.1 Å². The molecule has 0 amide bonds. The van der Waals surface area contributed by atoms with Crippen molar-refractivity contribution < 1.29 is 51.9 Å². The van der Waals surface area contributed by atoms with Crippen molar-refractivity contribution in [2.24, 2.45) is 31.4 Å². The summed E-state index contributed by atoms with van der Waals surface area (Å²) in [6, 6.07) is 18.4. The normalized spacial score (nSPS) is 20.1. The fourth-order valence-electron chi connectivity index (χ4n) is 6.69. The first kappa shape index (κ1) is 46.7. The Hall–Kier alpha value is -6.28. The number of nitrogens with zero attached hydrogens (tertiary/aromatic N) is 7. The summed E-state index contributed by atoms with van der Waals surface area (Å²) >= 11 is 0.993. The van der Waals surface area contributed by atoms with Crippen molar-refractivity contribution >= 4 is 86.1 Å². The first-order valence-electron chi connectivity index (χ1n) is 18.5. The van der Waals surface area contributed by atoms with E-state index in [-0.39, 0.29) is 61.2 Å². The zero-order chi connectivity index (χ0) is 47.1. The molecular formula is C39H33N9O12S5. The van der Waals surface area contributed by atoms with Crippen molar-refractivity contribution in [3.63, 3.8) is 0 Å². The fourth-order valence-corrected chi connectivity index (χ4v) is 10.2. The summed E-state index contributed by atoms with van der Waals surface area (Å²) in [5.74, 6) is -1.29. The predicted octanol–water partition coefficient (Wildman–Crippen LogP) is 7.29. The molecule has 3 aliphatic rings. The summed E-state index contributed by atoms with van der Waals surface area (Å²) in [4.78, 5) is 7.91. The molecule has 21 nitrogen and oxygen atoms in total. The highest BCUT2D eigenvalue weighted by molar-refractivity contribution is 8.14. The number of aliphatic imine (C=N–C) groups is 1. The molecule has 0 bridgehead atoms. The average molecular weight is 980 g/mol. The molecule has 1 aliphatic heterocycles. The first-order chi connectivity index (χ1) is 30.5. The van der Waals surface area contributed by atoms with E-state index in [0.717, 1.165) is 47.7 Å². The Morgan fingerprint density at radius 1 is 0.738 bits per heavy atom. The van der Waals surface area contributed by atoms with Gasteiger partial charge in [0.15, 0.2) is 17.0 Å². The van der Waals surface area contributed by atoms with E-state index in [1.54, 1.807) is 19.1 Å². The molecule has 0 fully saturated rings. The number of nitriles is 1. The molecule has 4 atom stereocenters. The van der Waals surface area contributed by atoms with Crippen molar-refractivity contribution in [2.75, 3.05) is 10.6 Å². The predicted molar refractivity (Wildman–Crippen MR) is 239 cm³/mol.